The van der Waals surface area contributed by atoms with Crippen LogP contribution < -0.4 is 0 Å². The molecule has 0 spiro atoms. The van der Waals surface area contributed by atoms with E-state index in [1.807, 2.05) is 0 Å². The average Bonchev–Trinajstić information content (AvgIpc) is 2.44. The Bertz CT molecular complexity index is 299. The zero-order valence-corrected chi connectivity index (χ0v) is 17.3. The molecule has 130 valence electrons. The SMILES string of the molecule is C=C1CCCCCCCCCCCCCCCC1[Si](Cl)(Cl)Cl. The van der Waals surface area contributed by atoms with Crippen LogP contribution in [0, 0.1) is 0 Å². The van der Waals surface area contributed by atoms with Gasteiger partial charge in [-0.25, -0.2) is 0 Å². The van der Waals surface area contributed by atoms with Crippen LogP contribution in [0.25, 0.3) is 0 Å². The molecule has 0 aromatic heterocycles. The van der Waals surface area contributed by atoms with Crippen molar-refractivity contribution in [3.05, 3.63) is 12.2 Å². The molecule has 1 fully saturated rings. The van der Waals surface area contributed by atoms with E-state index in [0.717, 1.165) is 12.8 Å². The van der Waals surface area contributed by atoms with Crippen molar-refractivity contribution >= 4 is 39.2 Å². The van der Waals surface area contributed by atoms with E-state index in [0.29, 0.717) is 0 Å². The van der Waals surface area contributed by atoms with Crippen molar-refractivity contribution in [2.24, 2.45) is 0 Å². The van der Waals surface area contributed by atoms with Crippen molar-refractivity contribution in [2.75, 3.05) is 0 Å². The van der Waals surface area contributed by atoms with Gasteiger partial charge in [0.1, 0.15) is 0 Å². The van der Waals surface area contributed by atoms with Crippen LogP contribution in [-0.2, 0) is 0 Å². The molecular formula is C18H33Cl3Si. The van der Waals surface area contributed by atoms with Gasteiger partial charge in [-0.3, -0.25) is 0 Å². The summed E-state index contributed by atoms with van der Waals surface area (Å²) in [6.07, 6.45) is 19.6. The number of halogens is 3. The summed E-state index contributed by atoms with van der Waals surface area (Å²) in [6.45, 7) is 4.26. The highest BCUT2D eigenvalue weighted by Gasteiger charge is 2.37. The number of rotatable bonds is 1. The molecule has 22 heavy (non-hydrogen) atoms. The quantitative estimate of drug-likeness (QED) is 0.242. The summed E-state index contributed by atoms with van der Waals surface area (Å²) >= 11 is 19.0. The van der Waals surface area contributed by atoms with Crippen LogP contribution in [0.5, 0.6) is 0 Å². The number of hydrogen-bond donors (Lipinski definition) is 0. The lowest BCUT2D eigenvalue weighted by Gasteiger charge is -2.24. The average molecular weight is 384 g/mol. The Morgan fingerprint density at radius 3 is 1.41 bits per heavy atom. The van der Waals surface area contributed by atoms with E-state index >= 15 is 0 Å². The topological polar surface area (TPSA) is 0 Å². The third-order valence-corrected chi connectivity index (χ3v) is 8.74. The van der Waals surface area contributed by atoms with Gasteiger partial charge in [0.25, 0.3) is 0 Å². The molecule has 0 aliphatic heterocycles. The normalized spacial score (nSPS) is 25.6. The molecular weight excluding hydrogens is 351 g/mol. The molecule has 0 radical (unpaired) electrons. The highest BCUT2D eigenvalue weighted by molar-refractivity contribution is 7.65. The largest absolute Gasteiger partial charge is 0.348 e. The lowest BCUT2D eigenvalue weighted by atomic mass is 10.0. The van der Waals surface area contributed by atoms with Gasteiger partial charge >= 0.3 is 6.00 Å². The second-order valence-corrected chi connectivity index (χ2v) is 15.8. The summed E-state index contributed by atoms with van der Waals surface area (Å²) in [5.41, 5.74) is 1.36. The summed E-state index contributed by atoms with van der Waals surface area (Å²) in [4.78, 5) is 0. The van der Waals surface area contributed by atoms with Gasteiger partial charge in [-0.15, -0.1) is 33.2 Å². The van der Waals surface area contributed by atoms with Crippen LogP contribution in [0.15, 0.2) is 12.2 Å². The predicted octanol–water partition coefficient (Wildman–Crippen LogP) is 8.43. The first kappa shape index (κ1) is 20.9. The molecule has 0 amide bonds. The monoisotopic (exact) mass is 382 g/mol. The summed E-state index contributed by atoms with van der Waals surface area (Å²) in [5, 5.41) is 0. The molecule has 0 bridgehead atoms. The van der Waals surface area contributed by atoms with Gasteiger partial charge in [0.15, 0.2) is 0 Å². The van der Waals surface area contributed by atoms with E-state index in [1.54, 1.807) is 0 Å². The van der Waals surface area contributed by atoms with Crippen LogP contribution in [0.1, 0.15) is 96.3 Å². The third kappa shape index (κ3) is 9.85. The first-order valence-electron chi connectivity index (χ1n) is 9.26. The maximum Gasteiger partial charge on any atom is 0.348 e. The van der Waals surface area contributed by atoms with Gasteiger partial charge in [0.2, 0.25) is 0 Å². The molecule has 1 saturated carbocycles. The Morgan fingerprint density at radius 2 is 1.00 bits per heavy atom. The molecule has 0 aromatic rings. The van der Waals surface area contributed by atoms with E-state index in [9.17, 15) is 0 Å². The highest BCUT2D eigenvalue weighted by Crippen LogP contribution is 2.43. The lowest BCUT2D eigenvalue weighted by Crippen LogP contribution is -2.21. The minimum Gasteiger partial charge on any atom is -0.125 e. The maximum atomic E-state index is 6.34. The van der Waals surface area contributed by atoms with Crippen molar-refractivity contribution in [1.82, 2.24) is 0 Å². The fraction of sp³-hybridized carbons (Fsp3) is 0.889. The zero-order valence-electron chi connectivity index (χ0n) is 14.0. The van der Waals surface area contributed by atoms with Gasteiger partial charge in [0, 0.05) is 5.54 Å². The summed E-state index contributed by atoms with van der Waals surface area (Å²) < 4.78 is 0. The van der Waals surface area contributed by atoms with Crippen LogP contribution in [0.2, 0.25) is 5.54 Å². The number of allylic oxidation sites excluding steroid dienone is 1. The Kier molecular flexibility index (Phi) is 11.6. The molecule has 0 N–H and O–H groups in total. The van der Waals surface area contributed by atoms with Gasteiger partial charge < -0.3 is 0 Å². The molecule has 0 aromatic carbocycles. The van der Waals surface area contributed by atoms with Crippen molar-refractivity contribution in [3.63, 3.8) is 0 Å². The zero-order chi connectivity index (χ0) is 16.3. The lowest BCUT2D eigenvalue weighted by molar-refractivity contribution is 0.538. The molecule has 4 heteroatoms. The fourth-order valence-electron chi connectivity index (χ4n) is 3.42. The van der Waals surface area contributed by atoms with Crippen LogP contribution in [0.3, 0.4) is 0 Å². The van der Waals surface area contributed by atoms with Gasteiger partial charge in [-0.05, 0) is 19.3 Å². The van der Waals surface area contributed by atoms with Gasteiger partial charge in [0.05, 0.1) is 0 Å². The molecule has 0 heterocycles. The van der Waals surface area contributed by atoms with Crippen LogP contribution in [-0.4, -0.2) is 6.00 Å². The maximum absolute atomic E-state index is 6.34. The van der Waals surface area contributed by atoms with Crippen molar-refractivity contribution in [2.45, 2.75) is 102 Å². The Labute approximate surface area is 153 Å². The highest BCUT2D eigenvalue weighted by atomic mass is 35.8. The van der Waals surface area contributed by atoms with Gasteiger partial charge in [-0.1, -0.05) is 89.2 Å². The molecule has 1 atom stereocenters. The first-order chi connectivity index (χ1) is 10.5. The molecule has 1 aliphatic carbocycles. The second kappa shape index (κ2) is 12.2. The first-order valence-corrected chi connectivity index (χ1v) is 14.4. The summed E-state index contributed by atoms with van der Waals surface area (Å²) in [5.74, 6) is 0. The van der Waals surface area contributed by atoms with Crippen LogP contribution in [0.4, 0.5) is 0 Å². The molecule has 0 nitrogen and oxygen atoms in total. The fourth-order valence-corrected chi connectivity index (χ4v) is 6.93. The predicted molar refractivity (Wildman–Crippen MR) is 105 cm³/mol. The van der Waals surface area contributed by atoms with Crippen molar-refractivity contribution in [3.8, 4) is 0 Å². The molecule has 1 aliphatic rings. The van der Waals surface area contributed by atoms with E-state index in [4.69, 9.17) is 33.2 Å². The second-order valence-electron chi connectivity index (χ2n) is 6.89. The van der Waals surface area contributed by atoms with Gasteiger partial charge in [-0.2, -0.15) is 0 Å². The van der Waals surface area contributed by atoms with E-state index < -0.39 is 6.00 Å². The van der Waals surface area contributed by atoms with E-state index in [2.05, 4.69) is 6.58 Å². The minimum absolute atomic E-state index is 0.160. The Balaban J connectivity index is 2.45. The molecule has 0 saturated heterocycles. The molecule has 1 rings (SSSR count). The Hall–Kier alpha value is 0.827. The molecule has 1 unspecified atom stereocenters. The standard InChI is InChI=1S/C18H33Cl3Si/c1-17-15-13-11-9-7-5-3-2-4-6-8-10-12-14-16-18(17)22(19,20)21/h18H,1-16H2. The van der Waals surface area contributed by atoms with E-state index in [-0.39, 0.29) is 5.54 Å². The minimum atomic E-state index is -2.67. The van der Waals surface area contributed by atoms with Crippen molar-refractivity contribution in [1.29, 1.82) is 0 Å². The summed E-state index contributed by atoms with van der Waals surface area (Å²) in [6, 6.07) is -2.67. The smallest absolute Gasteiger partial charge is 0.125 e. The van der Waals surface area contributed by atoms with Crippen molar-refractivity contribution < 1.29 is 0 Å². The number of hydrogen-bond acceptors (Lipinski definition) is 0. The summed E-state index contributed by atoms with van der Waals surface area (Å²) in [7, 11) is 0. The van der Waals surface area contributed by atoms with E-state index in [1.165, 1.54) is 89.0 Å². The third-order valence-electron chi connectivity index (χ3n) is 4.88. The Morgan fingerprint density at radius 1 is 0.636 bits per heavy atom. The van der Waals surface area contributed by atoms with Crippen LogP contribution >= 0.6 is 33.2 Å².